The molecule has 33 heavy (non-hydrogen) atoms. The predicted molar refractivity (Wildman–Crippen MR) is 138 cm³/mol. The van der Waals surface area contributed by atoms with Crippen molar-refractivity contribution in [2.75, 3.05) is 25.5 Å². The second kappa shape index (κ2) is 9.58. The zero-order chi connectivity index (χ0) is 23.8. The zero-order valence-electron chi connectivity index (χ0n) is 19.2. The zero-order valence-corrected chi connectivity index (χ0v) is 21.5. The standard InChI is InChI=1S/C24H27Cl2N5OS/c1-24(2,3)30(4)10-5-6-20(32)31-11-9-16-19(13-31)33-23-21(16)22(27-14-28-23)29-15-7-8-17(25)18(26)12-15/h5-8,12,14H,9-11,13H2,1-4H3,(H,27,28,29)/b6-5+. The van der Waals surface area contributed by atoms with Crippen molar-refractivity contribution in [3.05, 3.63) is 57.2 Å². The van der Waals surface area contributed by atoms with Gasteiger partial charge < -0.3 is 10.2 Å². The maximum atomic E-state index is 12.8. The molecule has 0 saturated carbocycles. The number of aromatic nitrogens is 2. The number of halogens is 2. The van der Waals surface area contributed by atoms with Crippen LogP contribution in [-0.4, -0.2) is 51.4 Å². The van der Waals surface area contributed by atoms with Crippen molar-refractivity contribution in [3.8, 4) is 0 Å². The number of likely N-dealkylation sites (N-methyl/N-ethyl adjacent to an activating group) is 1. The van der Waals surface area contributed by atoms with Gasteiger partial charge in [0.2, 0.25) is 5.91 Å². The fourth-order valence-electron chi connectivity index (χ4n) is 3.61. The summed E-state index contributed by atoms with van der Waals surface area (Å²) in [5, 5.41) is 5.35. The van der Waals surface area contributed by atoms with Gasteiger partial charge in [0.25, 0.3) is 0 Å². The topological polar surface area (TPSA) is 61.4 Å². The van der Waals surface area contributed by atoms with Gasteiger partial charge in [-0.2, -0.15) is 0 Å². The van der Waals surface area contributed by atoms with Gasteiger partial charge in [-0.05, 0) is 58.0 Å². The average Bonchev–Trinajstić information content (AvgIpc) is 3.14. The maximum Gasteiger partial charge on any atom is 0.246 e. The molecule has 1 aliphatic rings. The van der Waals surface area contributed by atoms with E-state index in [1.165, 1.54) is 5.56 Å². The fourth-order valence-corrected chi connectivity index (χ4v) is 5.11. The lowest BCUT2D eigenvalue weighted by atomic mass is 10.0. The van der Waals surface area contributed by atoms with E-state index in [1.807, 2.05) is 17.0 Å². The second-order valence-corrected chi connectivity index (χ2v) is 11.0. The minimum Gasteiger partial charge on any atom is -0.340 e. The van der Waals surface area contributed by atoms with Gasteiger partial charge in [-0.3, -0.25) is 9.69 Å². The molecule has 1 N–H and O–H groups in total. The SMILES string of the molecule is CN(C/C=C/C(=O)N1CCc2c(sc3ncnc(Nc4ccc(Cl)c(Cl)c4)c23)C1)C(C)(C)C. The quantitative estimate of drug-likeness (QED) is 0.438. The molecule has 1 aromatic carbocycles. The molecular formula is C24H27Cl2N5OS. The van der Waals surface area contributed by atoms with Crippen molar-refractivity contribution >= 4 is 62.2 Å². The number of benzene rings is 1. The Kier molecular flexibility index (Phi) is 6.96. The third-order valence-corrected chi connectivity index (χ3v) is 7.78. The number of thiophene rings is 1. The highest BCUT2D eigenvalue weighted by Gasteiger charge is 2.25. The summed E-state index contributed by atoms with van der Waals surface area (Å²) in [6, 6.07) is 5.40. The van der Waals surface area contributed by atoms with E-state index in [-0.39, 0.29) is 11.4 Å². The highest BCUT2D eigenvalue weighted by Crippen LogP contribution is 2.38. The van der Waals surface area contributed by atoms with Crippen LogP contribution >= 0.6 is 34.5 Å². The molecule has 0 spiro atoms. The van der Waals surface area contributed by atoms with Gasteiger partial charge in [0, 0.05) is 35.3 Å². The molecule has 6 nitrogen and oxygen atoms in total. The highest BCUT2D eigenvalue weighted by atomic mass is 35.5. The van der Waals surface area contributed by atoms with Crippen molar-refractivity contribution in [1.82, 2.24) is 19.8 Å². The van der Waals surface area contributed by atoms with Crippen LogP contribution in [-0.2, 0) is 17.8 Å². The lowest BCUT2D eigenvalue weighted by Gasteiger charge is -2.31. The van der Waals surface area contributed by atoms with Crippen molar-refractivity contribution < 1.29 is 4.79 Å². The largest absolute Gasteiger partial charge is 0.340 e. The number of anilines is 2. The molecule has 3 aromatic rings. The number of carbonyl (C=O) groups is 1. The number of hydrogen-bond acceptors (Lipinski definition) is 6. The Bertz CT molecular complexity index is 1220. The summed E-state index contributed by atoms with van der Waals surface area (Å²) >= 11 is 13.8. The van der Waals surface area contributed by atoms with Crippen LogP contribution in [0.1, 0.15) is 31.2 Å². The van der Waals surface area contributed by atoms with Crippen LogP contribution in [0.4, 0.5) is 11.5 Å². The van der Waals surface area contributed by atoms with E-state index in [0.29, 0.717) is 23.1 Å². The van der Waals surface area contributed by atoms with Gasteiger partial charge in [0.05, 0.1) is 22.0 Å². The van der Waals surface area contributed by atoms with Gasteiger partial charge in [0.1, 0.15) is 17.0 Å². The van der Waals surface area contributed by atoms with Crippen LogP contribution in [0.2, 0.25) is 10.0 Å². The van der Waals surface area contributed by atoms with Crippen molar-refractivity contribution in [3.63, 3.8) is 0 Å². The molecule has 2 aromatic heterocycles. The number of amides is 1. The molecule has 0 fully saturated rings. The number of nitrogens with zero attached hydrogens (tertiary/aromatic N) is 4. The van der Waals surface area contributed by atoms with E-state index in [0.717, 1.165) is 39.6 Å². The van der Waals surface area contributed by atoms with Crippen LogP contribution in [0.15, 0.2) is 36.7 Å². The van der Waals surface area contributed by atoms with Crippen molar-refractivity contribution in [2.45, 2.75) is 39.3 Å². The minimum atomic E-state index is 0.0423. The third-order valence-electron chi connectivity index (χ3n) is 5.92. The first-order valence-corrected chi connectivity index (χ1v) is 12.3. The summed E-state index contributed by atoms with van der Waals surface area (Å²) < 4.78 is 0. The number of hydrogen-bond donors (Lipinski definition) is 1. The molecule has 3 heterocycles. The molecule has 0 unspecified atom stereocenters. The number of nitrogens with one attached hydrogen (secondary N) is 1. The molecule has 0 aliphatic carbocycles. The van der Waals surface area contributed by atoms with E-state index in [2.05, 4.69) is 48.0 Å². The van der Waals surface area contributed by atoms with Crippen LogP contribution in [0.5, 0.6) is 0 Å². The first kappa shape index (κ1) is 24.0. The van der Waals surface area contributed by atoms with Crippen LogP contribution in [0, 0.1) is 0 Å². The first-order chi connectivity index (χ1) is 15.6. The molecule has 9 heteroatoms. The monoisotopic (exact) mass is 503 g/mol. The van der Waals surface area contributed by atoms with Crippen molar-refractivity contribution in [1.29, 1.82) is 0 Å². The maximum absolute atomic E-state index is 12.8. The lowest BCUT2D eigenvalue weighted by Crippen LogP contribution is -2.38. The smallest absolute Gasteiger partial charge is 0.246 e. The molecule has 0 radical (unpaired) electrons. The Morgan fingerprint density at radius 1 is 1.27 bits per heavy atom. The minimum absolute atomic E-state index is 0.0423. The summed E-state index contributed by atoms with van der Waals surface area (Å²) in [4.78, 5) is 27.9. The molecule has 4 rings (SSSR count). The molecule has 0 atom stereocenters. The van der Waals surface area contributed by atoms with Gasteiger partial charge in [-0.15, -0.1) is 11.3 Å². The summed E-state index contributed by atoms with van der Waals surface area (Å²) in [6.07, 6.45) is 5.96. The number of carbonyl (C=O) groups excluding carboxylic acids is 1. The van der Waals surface area contributed by atoms with E-state index >= 15 is 0 Å². The van der Waals surface area contributed by atoms with E-state index in [9.17, 15) is 4.79 Å². The summed E-state index contributed by atoms with van der Waals surface area (Å²) in [6.45, 7) is 8.45. The Morgan fingerprint density at radius 3 is 2.79 bits per heavy atom. The molecule has 1 aliphatic heterocycles. The summed E-state index contributed by atoms with van der Waals surface area (Å²) in [5.74, 6) is 0.779. The normalized spacial score (nSPS) is 14.3. The van der Waals surface area contributed by atoms with E-state index in [1.54, 1.807) is 35.9 Å². The van der Waals surface area contributed by atoms with Crippen LogP contribution in [0.3, 0.4) is 0 Å². The van der Waals surface area contributed by atoms with Gasteiger partial charge in [-0.1, -0.05) is 29.3 Å². The van der Waals surface area contributed by atoms with Crippen LogP contribution in [0.25, 0.3) is 10.2 Å². The molecular weight excluding hydrogens is 477 g/mol. The van der Waals surface area contributed by atoms with Gasteiger partial charge in [0.15, 0.2) is 0 Å². The van der Waals surface area contributed by atoms with E-state index < -0.39 is 0 Å². The van der Waals surface area contributed by atoms with Gasteiger partial charge >= 0.3 is 0 Å². The molecule has 1 amide bonds. The first-order valence-electron chi connectivity index (χ1n) is 10.8. The van der Waals surface area contributed by atoms with Gasteiger partial charge in [-0.25, -0.2) is 9.97 Å². The number of rotatable bonds is 5. The second-order valence-electron chi connectivity index (χ2n) is 9.12. The molecule has 174 valence electrons. The average molecular weight is 504 g/mol. The highest BCUT2D eigenvalue weighted by molar-refractivity contribution is 7.19. The lowest BCUT2D eigenvalue weighted by molar-refractivity contribution is -0.126. The Morgan fingerprint density at radius 2 is 2.06 bits per heavy atom. The summed E-state index contributed by atoms with van der Waals surface area (Å²) in [7, 11) is 2.06. The Hall–Kier alpha value is -2.19. The molecule has 0 saturated heterocycles. The predicted octanol–water partition coefficient (Wildman–Crippen LogP) is 5.91. The Labute approximate surface area is 208 Å². The number of fused-ring (bicyclic) bond motifs is 3. The van der Waals surface area contributed by atoms with Crippen LogP contribution < -0.4 is 5.32 Å². The third kappa shape index (κ3) is 5.32. The summed E-state index contributed by atoms with van der Waals surface area (Å²) in [5.41, 5.74) is 2.08. The van der Waals surface area contributed by atoms with Crippen molar-refractivity contribution in [2.24, 2.45) is 0 Å². The Balaban J connectivity index is 1.52. The molecule has 0 bridgehead atoms. The van der Waals surface area contributed by atoms with E-state index in [4.69, 9.17) is 23.2 Å². The fraction of sp³-hybridized carbons (Fsp3) is 0.375.